The molecule has 2 aromatic carbocycles. The molecule has 1 aliphatic carbocycles. The van der Waals surface area contributed by atoms with Crippen molar-refractivity contribution in [3.05, 3.63) is 119 Å². The Morgan fingerprint density at radius 3 is 2.23 bits per heavy atom. The van der Waals surface area contributed by atoms with Gasteiger partial charge in [-0.3, -0.25) is 0 Å². The maximum absolute atomic E-state index is 9.90. The normalized spacial score (nSPS) is 13.7. The van der Waals surface area contributed by atoms with Crippen LogP contribution in [0.2, 0.25) is 0 Å². The summed E-state index contributed by atoms with van der Waals surface area (Å²) in [6, 6.07) is 16.5. The molecule has 4 nitrogen and oxygen atoms in total. The smallest absolute Gasteiger partial charge is 0.119 e. The van der Waals surface area contributed by atoms with Crippen molar-refractivity contribution < 1.29 is 14.6 Å². The number of nitrogens with zero attached hydrogens (tertiary/aromatic N) is 1. The van der Waals surface area contributed by atoms with E-state index in [2.05, 4.69) is 66.5 Å². The predicted molar refractivity (Wildman–Crippen MR) is 168 cm³/mol. The second-order valence-electron chi connectivity index (χ2n) is 9.51. The van der Waals surface area contributed by atoms with Gasteiger partial charge < -0.3 is 19.5 Å². The Balaban J connectivity index is 0.000000975. The van der Waals surface area contributed by atoms with E-state index in [1.807, 2.05) is 56.6 Å². The van der Waals surface area contributed by atoms with Crippen molar-refractivity contribution in [1.82, 2.24) is 4.90 Å². The Morgan fingerprint density at radius 2 is 1.64 bits per heavy atom. The van der Waals surface area contributed by atoms with Crippen LogP contribution in [0.15, 0.2) is 103 Å². The van der Waals surface area contributed by atoms with Gasteiger partial charge in [0.25, 0.3) is 0 Å². The van der Waals surface area contributed by atoms with Crippen molar-refractivity contribution in [2.75, 3.05) is 41.5 Å². The standard InChI is InChI=1S/C29H33NO2.C4H10.C2H6O/c1-4-5-6-10-24-12-9-14-28(27-13-8-7-11-25(27)22-31)29(24)21-23-15-17-26(18-16-23)32-20-19-30(2)3;1-3-4-2;1-3-2/h4-11,13-18,31H,1,12,19-22H2,2-3H3;3-4H2,1-2H3;1-2H3/b6-5-,24-10+;;. The number of hydrogen-bond donors (Lipinski definition) is 1. The molecule has 4 heteroatoms. The van der Waals surface area contributed by atoms with Gasteiger partial charge in [0.2, 0.25) is 0 Å². The average Bonchev–Trinajstić information content (AvgIpc) is 2.95. The zero-order valence-corrected chi connectivity index (χ0v) is 25.0. The fourth-order valence-electron chi connectivity index (χ4n) is 3.76. The topological polar surface area (TPSA) is 41.9 Å². The second-order valence-corrected chi connectivity index (χ2v) is 9.51. The lowest BCUT2D eigenvalue weighted by molar-refractivity contribution is 0.261. The van der Waals surface area contributed by atoms with Gasteiger partial charge in [0, 0.05) is 20.8 Å². The molecule has 0 heterocycles. The molecule has 0 unspecified atom stereocenters. The van der Waals surface area contributed by atoms with Crippen LogP contribution < -0.4 is 4.74 Å². The summed E-state index contributed by atoms with van der Waals surface area (Å²) >= 11 is 0. The van der Waals surface area contributed by atoms with E-state index in [4.69, 9.17) is 4.74 Å². The lowest BCUT2D eigenvalue weighted by atomic mass is 9.83. The van der Waals surface area contributed by atoms with Crippen LogP contribution in [-0.4, -0.2) is 51.5 Å². The lowest BCUT2D eigenvalue weighted by Gasteiger charge is -2.21. The predicted octanol–water partition coefficient (Wildman–Crippen LogP) is 7.81. The number of ether oxygens (including phenoxy) is 2. The Morgan fingerprint density at radius 1 is 0.974 bits per heavy atom. The van der Waals surface area contributed by atoms with E-state index < -0.39 is 0 Å². The number of aliphatic hydroxyl groups is 1. The van der Waals surface area contributed by atoms with Gasteiger partial charge in [-0.2, -0.15) is 0 Å². The van der Waals surface area contributed by atoms with E-state index in [-0.39, 0.29) is 6.61 Å². The molecule has 1 aliphatic rings. The van der Waals surface area contributed by atoms with Crippen molar-refractivity contribution in [1.29, 1.82) is 0 Å². The molecular formula is C35H49NO3. The van der Waals surface area contributed by atoms with Crippen LogP contribution in [0.5, 0.6) is 5.75 Å². The Kier molecular flexibility index (Phi) is 18.0. The molecule has 0 atom stereocenters. The summed E-state index contributed by atoms with van der Waals surface area (Å²) in [6.07, 6.45) is 16.7. The molecule has 0 fully saturated rings. The van der Waals surface area contributed by atoms with Gasteiger partial charge in [-0.05, 0) is 72.5 Å². The number of likely N-dealkylation sites (N-methyl/N-ethyl adjacent to an activating group) is 1. The van der Waals surface area contributed by atoms with Gasteiger partial charge in [0.1, 0.15) is 12.4 Å². The second kappa shape index (κ2) is 20.7. The van der Waals surface area contributed by atoms with Crippen LogP contribution in [-0.2, 0) is 17.8 Å². The highest BCUT2D eigenvalue weighted by atomic mass is 16.5. The summed E-state index contributed by atoms with van der Waals surface area (Å²) in [5.74, 6) is 0.892. The number of methoxy groups -OCH3 is 1. The largest absolute Gasteiger partial charge is 0.492 e. The molecule has 0 saturated heterocycles. The third-order valence-electron chi connectivity index (χ3n) is 5.97. The SMILES string of the molecule is C=C/C=C\C=C1/CC=CC(c2ccccc2CO)=C1Cc1ccc(OCCN(C)C)cc1.CCCC.COC. The van der Waals surface area contributed by atoms with Crippen LogP contribution in [0.4, 0.5) is 0 Å². The van der Waals surface area contributed by atoms with Crippen molar-refractivity contribution in [3.8, 4) is 5.75 Å². The summed E-state index contributed by atoms with van der Waals surface area (Å²) in [4.78, 5) is 2.11. The van der Waals surface area contributed by atoms with E-state index >= 15 is 0 Å². The summed E-state index contributed by atoms with van der Waals surface area (Å²) in [5.41, 5.74) is 6.99. The number of benzene rings is 2. The Bertz CT molecular complexity index is 1070. The molecule has 3 rings (SSSR count). The summed E-state index contributed by atoms with van der Waals surface area (Å²) in [5, 5.41) is 9.90. The Labute approximate surface area is 237 Å². The molecule has 2 aromatic rings. The van der Waals surface area contributed by atoms with Crippen LogP contribution >= 0.6 is 0 Å². The number of allylic oxidation sites excluding steroid dienone is 9. The third-order valence-corrected chi connectivity index (χ3v) is 5.97. The van der Waals surface area contributed by atoms with Crippen LogP contribution in [0, 0.1) is 0 Å². The summed E-state index contributed by atoms with van der Waals surface area (Å²) in [6.45, 7) is 9.72. The first kappa shape index (κ1) is 33.8. The quantitative estimate of drug-likeness (QED) is 0.300. The first-order chi connectivity index (χ1) is 18.9. The molecule has 0 aromatic heterocycles. The van der Waals surface area contributed by atoms with Crippen LogP contribution in [0.25, 0.3) is 5.57 Å². The highest BCUT2D eigenvalue weighted by Crippen LogP contribution is 2.35. The van der Waals surface area contributed by atoms with E-state index in [1.165, 1.54) is 35.1 Å². The Hall–Kier alpha value is -3.18. The van der Waals surface area contributed by atoms with Crippen molar-refractivity contribution >= 4 is 5.57 Å². The highest BCUT2D eigenvalue weighted by Gasteiger charge is 2.17. The molecule has 0 bridgehead atoms. The molecule has 212 valence electrons. The number of hydrogen-bond acceptors (Lipinski definition) is 4. The number of unbranched alkanes of at least 4 members (excludes halogenated alkanes) is 1. The summed E-state index contributed by atoms with van der Waals surface area (Å²) < 4.78 is 10.1. The molecule has 0 radical (unpaired) electrons. The van der Waals surface area contributed by atoms with Gasteiger partial charge in [-0.15, -0.1) is 0 Å². The van der Waals surface area contributed by atoms with E-state index in [0.717, 1.165) is 36.3 Å². The first-order valence-electron chi connectivity index (χ1n) is 13.8. The van der Waals surface area contributed by atoms with E-state index in [0.29, 0.717) is 6.61 Å². The maximum Gasteiger partial charge on any atom is 0.119 e. The molecule has 0 saturated carbocycles. The van der Waals surface area contributed by atoms with Crippen LogP contribution in [0.3, 0.4) is 0 Å². The van der Waals surface area contributed by atoms with Gasteiger partial charge >= 0.3 is 0 Å². The molecular weight excluding hydrogens is 482 g/mol. The molecule has 0 amide bonds. The minimum absolute atomic E-state index is 0.0230. The maximum atomic E-state index is 9.90. The van der Waals surface area contributed by atoms with E-state index in [9.17, 15) is 5.11 Å². The zero-order chi connectivity index (χ0) is 28.9. The van der Waals surface area contributed by atoms with E-state index in [1.54, 1.807) is 20.3 Å². The summed E-state index contributed by atoms with van der Waals surface area (Å²) in [7, 11) is 7.33. The van der Waals surface area contributed by atoms with Crippen molar-refractivity contribution in [2.45, 2.75) is 46.1 Å². The average molecular weight is 532 g/mol. The van der Waals surface area contributed by atoms with Crippen molar-refractivity contribution in [3.63, 3.8) is 0 Å². The van der Waals surface area contributed by atoms with Gasteiger partial charge in [-0.1, -0.05) is 106 Å². The van der Waals surface area contributed by atoms with Gasteiger partial charge in [0.05, 0.1) is 6.61 Å². The highest BCUT2D eigenvalue weighted by molar-refractivity contribution is 5.83. The molecule has 0 aliphatic heterocycles. The molecule has 39 heavy (non-hydrogen) atoms. The molecule has 1 N–H and O–H groups in total. The fraction of sp³-hybridized carbons (Fsp3) is 0.371. The number of rotatable bonds is 11. The fourth-order valence-corrected chi connectivity index (χ4v) is 3.76. The first-order valence-corrected chi connectivity index (χ1v) is 13.8. The van der Waals surface area contributed by atoms with Crippen LogP contribution in [0.1, 0.15) is 49.8 Å². The van der Waals surface area contributed by atoms with Crippen molar-refractivity contribution in [2.24, 2.45) is 0 Å². The molecule has 0 spiro atoms. The third kappa shape index (κ3) is 12.9. The minimum atomic E-state index is 0.0230. The zero-order valence-electron chi connectivity index (χ0n) is 25.0. The monoisotopic (exact) mass is 531 g/mol. The lowest BCUT2D eigenvalue weighted by Crippen LogP contribution is -2.19. The minimum Gasteiger partial charge on any atom is -0.492 e. The van der Waals surface area contributed by atoms with Gasteiger partial charge in [-0.25, -0.2) is 0 Å². The van der Waals surface area contributed by atoms with Gasteiger partial charge in [0.15, 0.2) is 0 Å². The number of aliphatic hydroxyl groups excluding tert-OH is 1.